The molecule has 0 aliphatic heterocycles. The van der Waals surface area contributed by atoms with Crippen LogP contribution in [0.3, 0.4) is 0 Å². The standard InChI is InChI=1S/C6H9NO2/c1-5(8-2)6-3-4-9-7-6/h3-5H,1-2H3. The second-order valence-electron chi connectivity index (χ2n) is 1.80. The van der Waals surface area contributed by atoms with Gasteiger partial charge in [-0.25, -0.2) is 0 Å². The normalized spacial score (nSPS) is 13.6. The van der Waals surface area contributed by atoms with Crippen molar-refractivity contribution < 1.29 is 9.26 Å². The summed E-state index contributed by atoms with van der Waals surface area (Å²) in [4.78, 5) is 0. The molecular formula is C6H9NO2. The number of nitrogens with zero attached hydrogens (tertiary/aromatic N) is 1. The van der Waals surface area contributed by atoms with Crippen LogP contribution in [0.4, 0.5) is 0 Å². The van der Waals surface area contributed by atoms with E-state index in [1.54, 1.807) is 13.2 Å². The lowest BCUT2D eigenvalue weighted by Gasteiger charge is -2.01. The van der Waals surface area contributed by atoms with E-state index in [1.165, 1.54) is 6.26 Å². The predicted octanol–water partition coefficient (Wildman–Crippen LogP) is 1.38. The van der Waals surface area contributed by atoms with Gasteiger partial charge in [-0.1, -0.05) is 5.16 Å². The van der Waals surface area contributed by atoms with Crippen LogP contribution in [0.15, 0.2) is 16.9 Å². The van der Waals surface area contributed by atoms with Gasteiger partial charge in [-0.15, -0.1) is 0 Å². The van der Waals surface area contributed by atoms with Gasteiger partial charge in [0.15, 0.2) is 0 Å². The molecule has 0 spiro atoms. The van der Waals surface area contributed by atoms with Crippen LogP contribution in [0.5, 0.6) is 0 Å². The molecule has 9 heavy (non-hydrogen) atoms. The van der Waals surface area contributed by atoms with E-state index < -0.39 is 0 Å². The Kier molecular flexibility index (Phi) is 1.85. The number of hydrogen-bond acceptors (Lipinski definition) is 3. The number of hydrogen-bond donors (Lipinski definition) is 0. The first-order valence-corrected chi connectivity index (χ1v) is 2.77. The minimum atomic E-state index is 0.0312. The van der Waals surface area contributed by atoms with Gasteiger partial charge in [0, 0.05) is 13.2 Å². The van der Waals surface area contributed by atoms with E-state index in [9.17, 15) is 0 Å². The Hall–Kier alpha value is -0.830. The maximum absolute atomic E-state index is 4.97. The van der Waals surface area contributed by atoms with Crippen molar-refractivity contribution in [3.05, 3.63) is 18.0 Å². The first kappa shape index (κ1) is 6.29. The number of methoxy groups -OCH3 is 1. The van der Waals surface area contributed by atoms with Gasteiger partial charge in [0.2, 0.25) is 0 Å². The van der Waals surface area contributed by atoms with Gasteiger partial charge in [-0.2, -0.15) is 0 Å². The van der Waals surface area contributed by atoms with E-state index in [0.29, 0.717) is 0 Å². The highest BCUT2D eigenvalue weighted by molar-refractivity contribution is 4.98. The smallest absolute Gasteiger partial charge is 0.124 e. The van der Waals surface area contributed by atoms with Crippen molar-refractivity contribution >= 4 is 0 Å². The molecule has 1 heterocycles. The molecule has 1 aromatic heterocycles. The molecule has 1 unspecified atom stereocenters. The molecule has 0 saturated carbocycles. The topological polar surface area (TPSA) is 35.3 Å². The Bertz CT molecular complexity index is 160. The summed E-state index contributed by atoms with van der Waals surface area (Å²) in [6.45, 7) is 1.91. The molecule has 1 aromatic rings. The Morgan fingerprint density at radius 3 is 3.00 bits per heavy atom. The highest BCUT2D eigenvalue weighted by Crippen LogP contribution is 2.11. The molecule has 3 nitrogen and oxygen atoms in total. The van der Waals surface area contributed by atoms with Gasteiger partial charge in [0.1, 0.15) is 12.0 Å². The summed E-state index contributed by atoms with van der Waals surface area (Å²) in [7, 11) is 1.64. The Balaban J connectivity index is 2.65. The van der Waals surface area contributed by atoms with Crippen LogP contribution in [-0.4, -0.2) is 12.3 Å². The van der Waals surface area contributed by atoms with E-state index in [1.807, 2.05) is 6.92 Å². The lowest BCUT2D eigenvalue weighted by atomic mass is 10.3. The fourth-order valence-electron chi connectivity index (χ4n) is 0.552. The molecule has 0 N–H and O–H groups in total. The monoisotopic (exact) mass is 127 g/mol. The molecular weight excluding hydrogens is 118 g/mol. The largest absolute Gasteiger partial charge is 0.375 e. The van der Waals surface area contributed by atoms with E-state index in [-0.39, 0.29) is 6.10 Å². The summed E-state index contributed by atoms with van der Waals surface area (Å²) in [5.41, 5.74) is 0.831. The third-order valence-corrected chi connectivity index (χ3v) is 1.23. The molecule has 1 atom stereocenters. The summed E-state index contributed by atoms with van der Waals surface area (Å²) in [6, 6.07) is 1.79. The molecule has 0 aliphatic carbocycles. The van der Waals surface area contributed by atoms with Crippen LogP contribution in [0.2, 0.25) is 0 Å². The molecule has 0 aromatic carbocycles. The first-order valence-electron chi connectivity index (χ1n) is 2.77. The molecule has 0 fully saturated rings. The zero-order valence-electron chi connectivity index (χ0n) is 5.50. The molecule has 0 bridgehead atoms. The van der Waals surface area contributed by atoms with Gasteiger partial charge in [0.25, 0.3) is 0 Å². The Morgan fingerprint density at radius 2 is 2.56 bits per heavy atom. The average Bonchev–Trinajstić information content (AvgIpc) is 2.37. The molecule has 0 amide bonds. The zero-order chi connectivity index (χ0) is 6.69. The van der Waals surface area contributed by atoms with Crippen molar-refractivity contribution in [3.63, 3.8) is 0 Å². The van der Waals surface area contributed by atoms with E-state index in [2.05, 4.69) is 9.68 Å². The number of rotatable bonds is 2. The summed E-state index contributed by atoms with van der Waals surface area (Å²) in [5.74, 6) is 0. The van der Waals surface area contributed by atoms with Crippen LogP contribution in [-0.2, 0) is 4.74 Å². The lowest BCUT2D eigenvalue weighted by Crippen LogP contribution is -1.94. The van der Waals surface area contributed by atoms with Crippen molar-refractivity contribution in [2.24, 2.45) is 0 Å². The van der Waals surface area contributed by atoms with Crippen molar-refractivity contribution in [1.29, 1.82) is 0 Å². The molecule has 0 saturated heterocycles. The first-order chi connectivity index (χ1) is 4.34. The van der Waals surface area contributed by atoms with Gasteiger partial charge in [-0.05, 0) is 6.92 Å². The van der Waals surface area contributed by atoms with Gasteiger partial charge in [0.05, 0.1) is 6.10 Å². The quantitative estimate of drug-likeness (QED) is 0.602. The van der Waals surface area contributed by atoms with Crippen molar-refractivity contribution in [2.45, 2.75) is 13.0 Å². The maximum Gasteiger partial charge on any atom is 0.124 e. The molecule has 3 heteroatoms. The van der Waals surface area contributed by atoms with Crippen LogP contribution in [0.1, 0.15) is 18.7 Å². The van der Waals surface area contributed by atoms with E-state index in [0.717, 1.165) is 5.69 Å². The van der Waals surface area contributed by atoms with Crippen molar-refractivity contribution in [2.75, 3.05) is 7.11 Å². The zero-order valence-corrected chi connectivity index (χ0v) is 5.50. The highest BCUT2D eigenvalue weighted by Gasteiger charge is 2.04. The van der Waals surface area contributed by atoms with Crippen LogP contribution >= 0.6 is 0 Å². The fraction of sp³-hybridized carbons (Fsp3) is 0.500. The van der Waals surface area contributed by atoms with Crippen molar-refractivity contribution in [1.82, 2.24) is 5.16 Å². The molecule has 0 aliphatic rings. The van der Waals surface area contributed by atoms with Crippen LogP contribution in [0.25, 0.3) is 0 Å². The molecule has 0 radical (unpaired) electrons. The Morgan fingerprint density at radius 1 is 1.78 bits per heavy atom. The second kappa shape index (κ2) is 2.64. The Labute approximate surface area is 53.6 Å². The molecule has 1 rings (SSSR count). The number of aromatic nitrogens is 1. The predicted molar refractivity (Wildman–Crippen MR) is 31.9 cm³/mol. The van der Waals surface area contributed by atoms with Gasteiger partial charge >= 0.3 is 0 Å². The number of ether oxygens (including phenoxy) is 1. The van der Waals surface area contributed by atoms with Crippen LogP contribution in [0, 0.1) is 0 Å². The third-order valence-electron chi connectivity index (χ3n) is 1.23. The minimum absolute atomic E-state index is 0.0312. The van der Waals surface area contributed by atoms with Crippen LogP contribution < -0.4 is 0 Å². The van der Waals surface area contributed by atoms with E-state index in [4.69, 9.17) is 4.74 Å². The average molecular weight is 127 g/mol. The fourth-order valence-corrected chi connectivity index (χ4v) is 0.552. The van der Waals surface area contributed by atoms with Gasteiger partial charge < -0.3 is 9.26 Å². The third kappa shape index (κ3) is 1.29. The summed E-state index contributed by atoms with van der Waals surface area (Å²) in [5, 5.41) is 3.69. The van der Waals surface area contributed by atoms with Crippen molar-refractivity contribution in [3.8, 4) is 0 Å². The highest BCUT2D eigenvalue weighted by atomic mass is 16.5. The summed E-state index contributed by atoms with van der Waals surface area (Å²) in [6.07, 6.45) is 1.56. The SMILES string of the molecule is COC(C)c1ccon1. The minimum Gasteiger partial charge on any atom is -0.375 e. The molecule has 50 valence electrons. The summed E-state index contributed by atoms with van der Waals surface area (Å²) >= 11 is 0. The maximum atomic E-state index is 4.97. The van der Waals surface area contributed by atoms with E-state index >= 15 is 0 Å². The summed E-state index contributed by atoms with van der Waals surface area (Å²) < 4.78 is 9.58. The lowest BCUT2D eigenvalue weighted by molar-refractivity contribution is 0.112. The van der Waals surface area contributed by atoms with Gasteiger partial charge in [-0.3, -0.25) is 0 Å². The second-order valence-corrected chi connectivity index (χ2v) is 1.80.